The Labute approximate surface area is 276 Å². The standard InChI is InChI=1S/C37H45N5O3S/c1-4-42-20-18-37(19-21-42)23-28(37)35(44)40-30(15-6-5-7-16-32(43)26-13-9-11-17-33(26)46-3)34-38-24-31(39-34)27-22-25-12-8-10-14-29(25)41-36(27)45-2/h8-14,17,22,24,28,30H,4-7,15-16,18-21,23H2,1-3H3,(H,38,39)(H,40,44)/t28-,30+/m1/s1. The van der Waals surface area contributed by atoms with Crippen LogP contribution in [0.1, 0.15) is 80.5 Å². The Morgan fingerprint density at radius 3 is 2.67 bits per heavy atom. The third-order valence-corrected chi connectivity index (χ3v) is 10.8. The molecule has 1 aliphatic heterocycles. The van der Waals surface area contributed by atoms with E-state index in [0.717, 1.165) is 103 Å². The van der Waals surface area contributed by atoms with Crippen molar-refractivity contribution >= 4 is 34.4 Å². The van der Waals surface area contributed by atoms with E-state index >= 15 is 0 Å². The first-order valence-corrected chi connectivity index (χ1v) is 17.8. The molecule has 0 bridgehead atoms. The number of fused-ring (bicyclic) bond motifs is 1. The molecule has 4 aromatic rings. The van der Waals surface area contributed by atoms with Crippen LogP contribution in [0.2, 0.25) is 0 Å². The Kier molecular flexibility index (Phi) is 10.1. The van der Waals surface area contributed by atoms with Crippen LogP contribution in [-0.4, -0.2) is 64.5 Å². The fourth-order valence-corrected chi connectivity index (χ4v) is 7.67. The summed E-state index contributed by atoms with van der Waals surface area (Å²) in [5.41, 5.74) is 3.47. The summed E-state index contributed by atoms with van der Waals surface area (Å²) in [7, 11) is 1.63. The number of thioether (sulfide) groups is 1. The Morgan fingerprint density at radius 1 is 1.11 bits per heavy atom. The number of benzene rings is 2. The van der Waals surface area contributed by atoms with Gasteiger partial charge in [0.25, 0.3) is 0 Å². The molecule has 2 aliphatic rings. The van der Waals surface area contributed by atoms with Gasteiger partial charge in [0.15, 0.2) is 5.78 Å². The summed E-state index contributed by atoms with van der Waals surface area (Å²) in [5, 5.41) is 4.41. The highest BCUT2D eigenvalue weighted by molar-refractivity contribution is 7.98. The Balaban J connectivity index is 1.14. The van der Waals surface area contributed by atoms with Gasteiger partial charge in [-0.05, 0) is 81.6 Å². The number of ketones is 1. The van der Waals surface area contributed by atoms with Crippen molar-refractivity contribution in [2.45, 2.75) is 69.2 Å². The zero-order valence-corrected chi connectivity index (χ0v) is 28.0. The Hall–Kier alpha value is -3.69. The Bertz CT molecular complexity index is 1680. The first-order chi connectivity index (χ1) is 22.4. The Morgan fingerprint density at radius 2 is 1.89 bits per heavy atom. The van der Waals surface area contributed by atoms with Crippen LogP contribution in [0.5, 0.6) is 5.88 Å². The van der Waals surface area contributed by atoms with Gasteiger partial charge in [-0.25, -0.2) is 9.97 Å². The molecule has 1 saturated carbocycles. The van der Waals surface area contributed by atoms with Gasteiger partial charge in [-0.2, -0.15) is 0 Å². The molecule has 2 fully saturated rings. The number of H-pyrrole nitrogens is 1. The van der Waals surface area contributed by atoms with Crippen molar-refractivity contribution in [1.82, 2.24) is 25.2 Å². The largest absolute Gasteiger partial charge is 0.480 e. The van der Waals surface area contributed by atoms with E-state index in [-0.39, 0.29) is 29.1 Å². The number of rotatable bonds is 14. The number of carbonyl (C=O) groups is 2. The number of nitrogens with zero attached hydrogens (tertiary/aromatic N) is 3. The average Bonchev–Trinajstić information content (AvgIpc) is 3.57. The van der Waals surface area contributed by atoms with Gasteiger partial charge in [-0.3, -0.25) is 9.59 Å². The maximum absolute atomic E-state index is 13.7. The van der Waals surface area contributed by atoms with Crippen molar-refractivity contribution in [2.75, 3.05) is 33.0 Å². The van der Waals surface area contributed by atoms with Gasteiger partial charge in [-0.15, -0.1) is 11.8 Å². The molecule has 9 heteroatoms. The summed E-state index contributed by atoms with van der Waals surface area (Å²) in [5.74, 6) is 1.67. The van der Waals surface area contributed by atoms with Gasteiger partial charge in [0, 0.05) is 28.2 Å². The number of amides is 1. The predicted molar refractivity (Wildman–Crippen MR) is 184 cm³/mol. The summed E-state index contributed by atoms with van der Waals surface area (Å²) in [4.78, 5) is 43.1. The fraction of sp³-hybridized carbons (Fsp3) is 0.459. The lowest BCUT2D eigenvalue weighted by Crippen LogP contribution is -2.37. The minimum Gasteiger partial charge on any atom is -0.480 e. The number of unbranched alkanes of at least 4 members (excludes halogenated alkanes) is 2. The highest BCUT2D eigenvalue weighted by Crippen LogP contribution is 2.59. The van der Waals surface area contributed by atoms with E-state index in [9.17, 15) is 9.59 Å². The molecule has 2 atom stereocenters. The first kappa shape index (κ1) is 32.3. The number of piperidine rings is 1. The zero-order chi connectivity index (χ0) is 32.1. The number of hydrogen-bond donors (Lipinski definition) is 2. The second-order valence-corrected chi connectivity index (χ2v) is 13.6. The lowest BCUT2D eigenvalue weighted by Gasteiger charge is -2.32. The minimum atomic E-state index is -0.248. The van der Waals surface area contributed by atoms with Gasteiger partial charge in [0.2, 0.25) is 11.8 Å². The van der Waals surface area contributed by atoms with Crippen LogP contribution in [-0.2, 0) is 4.79 Å². The number of carbonyl (C=O) groups excluding carboxylic acids is 2. The summed E-state index contributed by atoms with van der Waals surface area (Å²) in [6.45, 7) is 5.43. The van der Waals surface area contributed by atoms with E-state index < -0.39 is 0 Å². The number of Topliss-reactive ketones (excluding diaryl/α,β-unsaturated/α-hetero) is 1. The number of para-hydroxylation sites is 1. The molecule has 2 aromatic heterocycles. The fourth-order valence-electron chi connectivity index (χ4n) is 7.05. The van der Waals surface area contributed by atoms with Gasteiger partial charge in [0.1, 0.15) is 5.82 Å². The number of aromatic amines is 1. The van der Waals surface area contributed by atoms with Gasteiger partial charge >= 0.3 is 0 Å². The number of ether oxygens (including phenoxy) is 1. The highest BCUT2D eigenvalue weighted by Gasteiger charge is 2.58. The quantitative estimate of drug-likeness (QED) is 0.0839. The van der Waals surface area contributed by atoms with Crippen LogP contribution >= 0.6 is 11.8 Å². The average molecular weight is 640 g/mol. The lowest BCUT2D eigenvalue weighted by atomic mass is 9.90. The van der Waals surface area contributed by atoms with Crippen molar-refractivity contribution < 1.29 is 14.3 Å². The van der Waals surface area contributed by atoms with E-state index in [1.54, 1.807) is 18.9 Å². The normalized spacial score (nSPS) is 18.0. The summed E-state index contributed by atoms with van der Waals surface area (Å²) in [6, 6.07) is 17.6. The maximum Gasteiger partial charge on any atom is 0.224 e. The molecule has 1 saturated heterocycles. The van der Waals surface area contributed by atoms with Crippen molar-refractivity contribution in [3.8, 4) is 17.1 Å². The summed E-state index contributed by atoms with van der Waals surface area (Å²) < 4.78 is 5.66. The van der Waals surface area contributed by atoms with E-state index in [2.05, 4.69) is 28.2 Å². The summed E-state index contributed by atoms with van der Waals surface area (Å²) >= 11 is 1.61. The molecule has 8 nitrogen and oxygen atoms in total. The molecule has 242 valence electrons. The van der Waals surface area contributed by atoms with E-state index in [4.69, 9.17) is 14.7 Å². The molecular weight excluding hydrogens is 595 g/mol. The van der Waals surface area contributed by atoms with Crippen LogP contribution in [0, 0.1) is 11.3 Å². The topological polar surface area (TPSA) is 100 Å². The molecule has 2 aromatic carbocycles. The second kappa shape index (κ2) is 14.4. The zero-order valence-electron chi connectivity index (χ0n) is 27.2. The van der Waals surface area contributed by atoms with Crippen molar-refractivity contribution in [1.29, 1.82) is 0 Å². The number of nitrogens with one attached hydrogen (secondary N) is 2. The third kappa shape index (κ3) is 7.00. The lowest BCUT2D eigenvalue weighted by molar-refractivity contribution is -0.124. The molecule has 0 unspecified atom stereocenters. The van der Waals surface area contributed by atoms with Crippen molar-refractivity contribution in [3.05, 3.63) is 72.2 Å². The van der Waals surface area contributed by atoms with Gasteiger partial charge in [0.05, 0.1) is 36.1 Å². The number of likely N-dealkylation sites (tertiary alicyclic amines) is 1. The van der Waals surface area contributed by atoms with Crippen LogP contribution in [0.15, 0.2) is 65.7 Å². The molecule has 1 amide bonds. The second-order valence-electron chi connectivity index (χ2n) is 12.8. The molecule has 6 rings (SSSR count). The van der Waals surface area contributed by atoms with Gasteiger partial charge < -0.3 is 19.9 Å². The van der Waals surface area contributed by atoms with Crippen LogP contribution in [0.25, 0.3) is 22.2 Å². The molecule has 1 aliphatic carbocycles. The third-order valence-electron chi connectivity index (χ3n) is 10.0. The van der Waals surface area contributed by atoms with E-state index in [0.29, 0.717) is 12.3 Å². The molecular formula is C37H45N5O3S. The molecule has 1 spiro atoms. The molecule has 3 heterocycles. The SMILES string of the molecule is CCN1CCC2(CC1)C[C@@H]2C(=O)N[C@@H](CCCCCC(=O)c1ccccc1SC)c1ncc(-c2cc3ccccc3nc2OC)[nH]1. The van der Waals surface area contributed by atoms with Gasteiger partial charge in [-0.1, -0.05) is 56.2 Å². The van der Waals surface area contributed by atoms with Crippen LogP contribution in [0.3, 0.4) is 0 Å². The first-order valence-electron chi connectivity index (χ1n) is 16.6. The predicted octanol–water partition coefficient (Wildman–Crippen LogP) is 7.47. The van der Waals surface area contributed by atoms with Crippen LogP contribution in [0.4, 0.5) is 0 Å². The van der Waals surface area contributed by atoms with Crippen molar-refractivity contribution in [2.24, 2.45) is 11.3 Å². The number of imidazole rings is 1. The van der Waals surface area contributed by atoms with E-state index in [1.807, 2.05) is 61.0 Å². The maximum atomic E-state index is 13.7. The van der Waals surface area contributed by atoms with Crippen LogP contribution < -0.4 is 10.1 Å². The molecule has 2 N–H and O–H groups in total. The van der Waals surface area contributed by atoms with E-state index in [1.165, 1.54) is 0 Å². The smallest absolute Gasteiger partial charge is 0.224 e. The number of aromatic nitrogens is 3. The van der Waals surface area contributed by atoms with Crippen molar-refractivity contribution in [3.63, 3.8) is 0 Å². The molecule has 46 heavy (non-hydrogen) atoms. The molecule has 0 radical (unpaired) electrons. The number of hydrogen-bond acceptors (Lipinski definition) is 7. The highest BCUT2D eigenvalue weighted by atomic mass is 32.2. The number of methoxy groups -OCH3 is 1. The minimum absolute atomic E-state index is 0.0716. The summed E-state index contributed by atoms with van der Waals surface area (Å²) in [6.07, 6.45) is 10.8. The number of pyridine rings is 1. The monoisotopic (exact) mass is 639 g/mol.